The van der Waals surface area contributed by atoms with E-state index in [0.29, 0.717) is 13.1 Å². The van der Waals surface area contributed by atoms with Gasteiger partial charge in [0, 0.05) is 12.8 Å². The Morgan fingerprint density at radius 3 is 2.62 bits per heavy atom. The first kappa shape index (κ1) is 11.5. The molecule has 1 fully saturated rings. The van der Waals surface area contributed by atoms with Crippen molar-refractivity contribution in [1.29, 1.82) is 0 Å². The highest BCUT2D eigenvalue weighted by Crippen LogP contribution is 2.19. The van der Waals surface area contributed by atoms with Crippen LogP contribution in [0, 0.1) is 5.21 Å². The van der Waals surface area contributed by atoms with Gasteiger partial charge in [-0.15, -0.1) is 5.10 Å². The molecule has 3 rings (SSSR count). The number of rotatable bonds is 1. The van der Waals surface area contributed by atoms with Gasteiger partial charge in [-0.05, 0) is 17.3 Å². The maximum Gasteiger partial charge on any atom is 0.145 e. The fraction of sp³-hybridized carbons (Fsp3) is 0.400. The molecule has 1 aliphatic heterocycles. The Morgan fingerprint density at radius 2 is 1.88 bits per heavy atom. The quantitative estimate of drug-likeness (QED) is 0.426. The summed E-state index contributed by atoms with van der Waals surface area (Å²) in [6.45, 7) is 1.21. The largest absolute Gasteiger partial charge is 0.605 e. The highest BCUT2D eigenvalue weighted by molar-refractivity contribution is 6.92. The second-order valence-electron chi connectivity index (χ2n) is 3.97. The molecule has 0 spiro atoms. The molecule has 0 saturated carbocycles. The van der Waals surface area contributed by atoms with Gasteiger partial charge in [0.2, 0.25) is 0 Å². The third-order valence-corrected chi connectivity index (χ3v) is 2.94. The molecule has 0 bridgehead atoms. The van der Waals surface area contributed by atoms with Gasteiger partial charge in [-0.25, -0.2) is 4.76 Å². The Hall–Kier alpha value is -1.03. The smallest absolute Gasteiger partial charge is 0.145 e. The topological polar surface area (TPSA) is 53.8 Å². The average Bonchev–Trinajstić information content (AvgIpc) is 2.84. The first-order valence-electron chi connectivity index (χ1n) is 5.19. The summed E-state index contributed by atoms with van der Waals surface area (Å²) in [6, 6.07) is 7.58. The molecule has 0 N–H and O–H groups in total. The minimum atomic E-state index is -0.374. The van der Waals surface area contributed by atoms with Crippen LogP contribution in [0.2, 0.25) is 0 Å². The van der Waals surface area contributed by atoms with Crippen LogP contribution < -0.4 is 4.76 Å². The molecule has 5 nitrogen and oxygen atoms in total. The second-order valence-corrected chi connectivity index (χ2v) is 3.97. The molecular weight excluding hydrogens is 223 g/mol. The first-order valence-corrected chi connectivity index (χ1v) is 5.19. The van der Waals surface area contributed by atoms with Crippen LogP contribution in [0.3, 0.4) is 0 Å². The van der Waals surface area contributed by atoms with E-state index < -0.39 is 0 Å². The first-order chi connectivity index (χ1) is 7.30. The van der Waals surface area contributed by atoms with Gasteiger partial charge < -0.3 is 5.21 Å². The van der Waals surface area contributed by atoms with Crippen molar-refractivity contribution in [3.8, 4) is 0 Å². The van der Waals surface area contributed by atoms with Crippen molar-refractivity contribution in [3.63, 3.8) is 0 Å². The van der Waals surface area contributed by atoms with Crippen LogP contribution in [-0.2, 0) is 0 Å². The zero-order valence-corrected chi connectivity index (χ0v) is 10.5. The number of nitrogens with zero attached hydrogens (tertiary/aromatic N) is 4. The van der Waals surface area contributed by atoms with Crippen molar-refractivity contribution >= 4 is 20.9 Å². The van der Waals surface area contributed by atoms with Crippen molar-refractivity contribution in [3.05, 3.63) is 29.5 Å². The van der Waals surface area contributed by atoms with E-state index in [9.17, 15) is 5.21 Å². The molecule has 16 heavy (non-hydrogen) atoms. The van der Waals surface area contributed by atoms with E-state index in [0.717, 1.165) is 23.9 Å². The lowest BCUT2D eigenvalue weighted by atomic mass is 10.3. The summed E-state index contributed by atoms with van der Waals surface area (Å²) in [4.78, 5) is 1.50. The third-order valence-electron chi connectivity index (χ3n) is 2.94. The number of aromatic nitrogens is 3. The van der Waals surface area contributed by atoms with Gasteiger partial charge in [-0.3, -0.25) is 0 Å². The molecule has 2 heterocycles. The number of fused-ring (bicyclic) bond motifs is 1. The van der Waals surface area contributed by atoms with Gasteiger partial charge >= 0.3 is 0 Å². The number of quaternary nitrogens is 1. The molecule has 1 aromatic heterocycles. The van der Waals surface area contributed by atoms with Crippen molar-refractivity contribution in [2.75, 3.05) is 13.1 Å². The zero-order valence-electron chi connectivity index (χ0n) is 9.04. The SMILES string of the molecule is P.[O-][N+]1(n2nnc3ccccc32)CCCC1. The van der Waals surface area contributed by atoms with Crippen LogP contribution in [0.5, 0.6) is 0 Å². The lowest BCUT2D eigenvalue weighted by Gasteiger charge is -2.35. The average molecular weight is 238 g/mol. The summed E-state index contributed by atoms with van der Waals surface area (Å²) in [5.41, 5.74) is 1.62. The van der Waals surface area contributed by atoms with Gasteiger partial charge in [0.25, 0.3) is 0 Å². The van der Waals surface area contributed by atoms with E-state index in [2.05, 4.69) is 10.3 Å². The molecule has 1 saturated heterocycles. The standard InChI is InChI=1S/C10H12N4O.H3P/c15-14(7-3-4-8-14)13-10-6-2-1-5-9(10)11-12-13;/h1-2,5-6H,3-4,7-8H2;1H3. The monoisotopic (exact) mass is 238 g/mol. The van der Waals surface area contributed by atoms with Crippen molar-refractivity contribution < 1.29 is 0 Å². The van der Waals surface area contributed by atoms with E-state index in [1.54, 1.807) is 0 Å². The number of hydrogen-bond acceptors (Lipinski definition) is 3. The van der Waals surface area contributed by atoms with E-state index >= 15 is 0 Å². The van der Waals surface area contributed by atoms with Crippen LogP contribution in [0.25, 0.3) is 11.0 Å². The molecule has 86 valence electrons. The van der Waals surface area contributed by atoms with Crippen LogP contribution in [0.1, 0.15) is 12.8 Å². The summed E-state index contributed by atoms with van der Waals surface area (Å²) in [5, 5.41) is 20.4. The summed E-state index contributed by atoms with van der Waals surface area (Å²) in [5.74, 6) is 0. The predicted molar refractivity (Wildman–Crippen MR) is 68.5 cm³/mol. The van der Waals surface area contributed by atoms with Crippen LogP contribution in [0.15, 0.2) is 24.3 Å². The van der Waals surface area contributed by atoms with E-state index in [1.807, 2.05) is 24.3 Å². The highest BCUT2D eigenvalue weighted by atomic mass is 31.0. The Morgan fingerprint density at radius 1 is 1.19 bits per heavy atom. The van der Waals surface area contributed by atoms with E-state index in [-0.39, 0.29) is 14.7 Å². The molecule has 2 aromatic rings. The Labute approximate surface area is 96.8 Å². The number of para-hydroxylation sites is 1. The van der Waals surface area contributed by atoms with Gasteiger partial charge in [-0.1, -0.05) is 16.9 Å². The lowest BCUT2D eigenvalue weighted by molar-refractivity contribution is 0.216. The minimum absolute atomic E-state index is 0. The molecule has 1 aromatic carbocycles. The van der Waals surface area contributed by atoms with Gasteiger partial charge in [-0.2, -0.15) is 9.90 Å². The van der Waals surface area contributed by atoms with Gasteiger partial charge in [0.15, 0.2) is 0 Å². The molecule has 0 radical (unpaired) electrons. The lowest BCUT2D eigenvalue weighted by Crippen LogP contribution is -2.50. The fourth-order valence-electron chi connectivity index (χ4n) is 2.14. The number of hydroxylamine groups is 2. The summed E-state index contributed by atoms with van der Waals surface area (Å²) in [6.07, 6.45) is 1.94. The van der Waals surface area contributed by atoms with E-state index in [1.165, 1.54) is 4.79 Å². The van der Waals surface area contributed by atoms with Crippen molar-refractivity contribution in [1.82, 2.24) is 19.9 Å². The zero-order chi connectivity index (χ0) is 10.3. The summed E-state index contributed by atoms with van der Waals surface area (Å²) in [7, 11) is 0. The molecule has 1 unspecified atom stereocenters. The number of benzene rings is 1. The van der Waals surface area contributed by atoms with Crippen LogP contribution in [0.4, 0.5) is 0 Å². The molecule has 0 amide bonds. The highest BCUT2D eigenvalue weighted by Gasteiger charge is 2.28. The molecule has 1 atom stereocenters. The third kappa shape index (κ3) is 1.61. The van der Waals surface area contributed by atoms with E-state index in [4.69, 9.17) is 0 Å². The van der Waals surface area contributed by atoms with Gasteiger partial charge in [0.05, 0.1) is 0 Å². The maximum absolute atomic E-state index is 12.4. The fourth-order valence-corrected chi connectivity index (χ4v) is 2.14. The molecule has 6 heteroatoms. The molecular formula is C10H15N4OP. The number of hydrogen-bond donors (Lipinski definition) is 0. The maximum atomic E-state index is 12.4. The predicted octanol–water partition coefficient (Wildman–Crippen LogP) is 1.22. The Kier molecular flexibility index (Phi) is 2.93. The second kappa shape index (κ2) is 4.09. The normalized spacial score (nSPS) is 18.6. The summed E-state index contributed by atoms with van der Waals surface area (Å²) >= 11 is 0. The summed E-state index contributed by atoms with van der Waals surface area (Å²) < 4.78 is -0.374. The minimum Gasteiger partial charge on any atom is -0.605 e. The van der Waals surface area contributed by atoms with Crippen LogP contribution >= 0.6 is 9.90 Å². The van der Waals surface area contributed by atoms with Gasteiger partial charge in [0.1, 0.15) is 24.1 Å². The molecule has 0 aliphatic carbocycles. The van der Waals surface area contributed by atoms with Crippen LogP contribution in [-0.4, -0.2) is 28.2 Å². The van der Waals surface area contributed by atoms with Crippen molar-refractivity contribution in [2.45, 2.75) is 12.8 Å². The molecule has 1 aliphatic rings. The Balaban J connectivity index is 0.000000963. The Bertz CT molecular complexity index is 492. The van der Waals surface area contributed by atoms with Crippen molar-refractivity contribution in [2.24, 2.45) is 0 Å².